The number of carbonyl (C=O) groups is 2. The summed E-state index contributed by atoms with van der Waals surface area (Å²) in [4.78, 5) is 22.5. The van der Waals surface area contributed by atoms with Crippen molar-refractivity contribution in [2.75, 3.05) is 5.32 Å². The minimum atomic E-state index is -1.02. The zero-order valence-electron chi connectivity index (χ0n) is 10.6. The number of carbonyl (C=O) groups excluding carboxylic acids is 1. The van der Waals surface area contributed by atoms with Crippen LogP contribution in [0.3, 0.4) is 0 Å². The fraction of sp³-hybridized carbons (Fsp3) is 0.429. The Bertz CT molecular complexity index is 466. The quantitative estimate of drug-likeness (QED) is 0.877. The summed E-state index contributed by atoms with van der Waals surface area (Å²) in [6.07, 6.45) is 4.65. The molecule has 19 heavy (non-hydrogen) atoms. The molecule has 5 heteroatoms. The van der Waals surface area contributed by atoms with Crippen molar-refractivity contribution >= 4 is 17.7 Å². The average Bonchev–Trinajstić information content (AvgIpc) is 2.40. The summed E-state index contributed by atoms with van der Waals surface area (Å²) in [5.41, 5.74) is 0.566. The molecule has 1 aliphatic rings. The highest BCUT2D eigenvalue weighted by Gasteiger charge is 2.17. The maximum atomic E-state index is 11.7. The maximum absolute atomic E-state index is 11.7. The molecule has 0 aromatic heterocycles. The molecule has 2 N–H and O–H groups in total. The van der Waals surface area contributed by atoms with Crippen LogP contribution in [-0.4, -0.2) is 23.3 Å². The SMILES string of the molecule is O=C(Nc1cccc(C(=O)O)c1)OC1CCCCC1. The van der Waals surface area contributed by atoms with Gasteiger partial charge in [-0.2, -0.15) is 0 Å². The third kappa shape index (κ3) is 3.98. The van der Waals surface area contributed by atoms with E-state index in [9.17, 15) is 9.59 Å². The Morgan fingerprint density at radius 3 is 2.63 bits per heavy atom. The second kappa shape index (κ2) is 6.22. The monoisotopic (exact) mass is 263 g/mol. The molecule has 0 bridgehead atoms. The van der Waals surface area contributed by atoms with Crippen LogP contribution in [0, 0.1) is 0 Å². The highest BCUT2D eigenvalue weighted by molar-refractivity contribution is 5.91. The largest absolute Gasteiger partial charge is 0.478 e. The van der Waals surface area contributed by atoms with E-state index >= 15 is 0 Å². The van der Waals surface area contributed by atoms with Crippen LogP contribution in [0.25, 0.3) is 0 Å². The lowest BCUT2D eigenvalue weighted by Gasteiger charge is -2.21. The number of nitrogens with one attached hydrogen (secondary N) is 1. The Morgan fingerprint density at radius 1 is 1.21 bits per heavy atom. The first-order valence-corrected chi connectivity index (χ1v) is 6.46. The van der Waals surface area contributed by atoms with Crippen LogP contribution < -0.4 is 5.32 Å². The van der Waals surface area contributed by atoms with Crippen LogP contribution in [0.2, 0.25) is 0 Å². The van der Waals surface area contributed by atoms with Gasteiger partial charge in [-0.3, -0.25) is 5.32 Å². The minimum absolute atomic E-state index is 0.0172. The van der Waals surface area contributed by atoms with Crippen molar-refractivity contribution < 1.29 is 19.4 Å². The van der Waals surface area contributed by atoms with Crippen molar-refractivity contribution in [2.45, 2.75) is 38.2 Å². The topological polar surface area (TPSA) is 75.6 Å². The summed E-state index contributed by atoms with van der Waals surface area (Å²) < 4.78 is 5.30. The third-order valence-corrected chi connectivity index (χ3v) is 3.18. The van der Waals surface area contributed by atoms with E-state index in [1.807, 2.05) is 0 Å². The van der Waals surface area contributed by atoms with Gasteiger partial charge in [-0.1, -0.05) is 12.5 Å². The molecule has 0 unspecified atom stereocenters. The number of aromatic carboxylic acids is 1. The minimum Gasteiger partial charge on any atom is -0.478 e. The number of benzene rings is 1. The molecule has 1 aromatic rings. The van der Waals surface area contributed by atoms with E-state index in [0.29, 0.717) is 5.69 Å². The van der Waals surface area contributed by atoms with Crippen LogP contribution in [0.1, 0.15) is 42.5 Å². The molecule has 1 aromatic carbocycles. The van der Waals surface area contributed by atoms with Gasteiger partial charge in [0.25, 0.3) is 0 Å². The van der Waals surface area contributed by atoms with Gasteiger partial charge in [0, 0.05) is 5.69 Å². The van der Waals surface area contributed by atoms with Gasteiger partial charge in [-0.25, -0.2) is 9.59 Å². The number of anilines is 1. The standard InChI is InChI=1S/C14H17NO4/c16-13(17)10-5-4-6-11(9-10)15-14(18)19-12-7-2-1-3-8-12/h4-6,9,12H,1-3,7-8H2,(H,15,18)(H,16,17). The predicted octanol–water partition coefficient (Wildman–Crippen LogP) is 3.27. The number of ether oxygens (including phenoxy) is 1. The number of amides is 1. The van der Waals surface area contributed by atoms with E-state index < -0.39 is 12.1 Å². The molecule has 1 amide bonds. The summed E-state index contributed by atoms with van der Waals surface area (Å²) in [6.45, 7) is 0. The second-order valence-corrected chi connectivity index (χ2v) is 4.68. The Balaban J connectivity index is 1.90. The summed E-state index contributed by atoms with van der Waals surface area (Å²) in [7, 11) is 0. The van der Waals surface area contributed by atoms with Crippen LogP contribution in [0.4, 0.5) is 10.5 Å². The summed E-state index contributed by atoms with van der Waals surface area (Å²) in [5.74, 6) is -1.02. The van der Waals surface area contributed by atoms with E-state index in [0.717, 1.165) is 25.7 Å². The number of carboxylic acid groups (broad SMARTS) is 1. The fourth-order valence-electron chi connectivity index (χ4n) is 2.21. The molecule has 0 spiro atoms. The molecule has 0 heterocycles. The smallest absolute Gasteiger partial charge is 0.411 e. The molecule has 0 atom stereocenters. The first-order valence-electron chi connectivity index (χ1n) is 6.46. The number of carboxylic acids is 1. The van der Waals surface area contributed by atoms with E-state index in [2.05, 4.69) is 5.32 Å². The van der Waals surface area contributed by atoms with Gasteiger partial charge < -0.3 is 9.84 Å². The lowest BCUT2D eigenvalue weighted by Crippen LogP contribution is -2.24. The van der Waals surface area contributed by atoms with Crippen LogP contribution >= 0.6 is 0 Å². The van der Waals surface area contributed by atoms with Crippen molar-refractivity contribution in [1.82, 2.24) is 0 Å². The van der Waals surface area contributed by atoms with Crippen LogP contribution in [0.5, 0.6) is 0 Å². The Morgan fingerprint density at radius 2 is 1.95 bits per heavy atom. The molecule has 0 saturated heterocycles. The van der Waals surface area contributed by atoms with Crippen LogP contribution in [0.15, 0.2) is 24.3 Å². The van der Waals surface area contributed by atoms with Gasteiger partial charge in [-0.05, 0) is 43.9 Å². The second-order valence-electron chi connectivity index (χ2n) is 4.68. The zero-order valence-corrected chi connectivity index (χ0v) is 10.6. The van der Waals surface area contributed by atoms with Gasteiger partial charge in [0.2, 0.25) is 0 Å². The lowest BCUT2D eigenvalue weighted by atomic mass is 9.98. The maximum Gasteiger partial charge on any atom is 0.411 e. The molecule has 102 valence electrons. The van der Waals surface area contributed by atoms with Gasteiger partial charge in [0.05, 0.1) is 5.56 Å². The average molecular weight is 263 g/mol. The first-order chi connectivity index (χ1) is 9.15. The van der Waals surface area contributed by atoms with Gasteiger partial charge >= 0.3 is 12.1 Å². The Labute approximate surface area is 111 Å². The molecular weight excluding hydrogens is 246 g/mol. The molecule has 0 aliphatic heterocycles. The van der Waals surface area contributed by atoms with Crippen molar-refractivity contribution in [3.8, 4) is 0 Å². The number of hydrogen-bond donors (Lipinski definition) is 2. The van der Waals surface area contributed by atoms with Crippen molar-refractivity contribution in [1.29, 1.82) is 0 Å². The summed E-state index contributed by atoms with van der Waals surface area (Å²) in [5, 5.41) is 11.4. The van der Waals surface area contributed by atoms with E-state index in [1.54, 1.807) is 12.1 Å². The van der Waals surface area contributed by atoms with Crippen molar-refractivity contribution in [3.05, 3.63) is 29.8 Å². The third-order valence-electron chi connectivity index (χ3n) is 3.18. The molecule has 1 aliphatic carbocycles. The van der Waals surface area contributed by atoms with Crippen molar-refractivity contribution in [2.24, 2.45) is 0 Å². The molecule has 5 nitrogen and oxygen atoms in total. The fourth-order valence-corrected chi connectivity index (χ4v) is 2.21. The highest BCUT2D eigenvalue weighted by atomic mass is 16.6. The molecule has 0 radical (unpaired) electrons. The van der Waals surface area contributed by atoms with Gasteiger partial charge in [0.1, 0.15) is 6.10 Å². The normalized spacial score (nSPS) is 15.8. The van der Waals surface area contributed by atoms with E-state index in [-0.39, 0.29) is 11.7 Å². The first kappa shape index (κ1) is 13.4. The zero-order chi connectivity index (χ0) is 13.7. The van der Waals surface area contributed by atoms with E-state index in [1.165, 1.54) is 18.6 Å². The molecule has 2 rings (SSSR count). The van der Waals surface area contributed by atoms with Gasteiger partial charge in [0.15, 0.2) is 0 Å². The summed E-state index contributed by atoms with van der Waals surface area (Å²) in [6, 6.07) is 6.10. The molecule has 1 fully saturated rings. The molecule has 1 saturated carbocycles. The van der Waals surface area contributed by atoms with Crippen molar-refractivity contribution in [3.63, 3.8) is 0 Å². The number of rotatable bonds is 3. The van der Waals surface area contributed by atoms with Gasteiger partial charge in [-0.15, -0.1) is 0 Å². The van der Waals surface area contributed by atoms with E-state index in [4.69, 9.17) is 9.84 Å². The Hall–Kier alpha value is -2.04. The molecular formula is C14H17NO4. The highest BCUT2D eigenvalue weighted by Crippen LogP contribution is 2.21. The van der Waals surface area contributed by atoms with Crippen LogP contribution in [-0.2, 0) is 4.74 Å². The predicted molar refractivity (Wildman–Crippen MR) is 70.4 cm³/mol. The lowest BCUT2D eigenvalue weighted by molar-refractivity contribution is 0.0696. The summed E-state index contributed by atoms with van der Waals surface area (Å²) >= 11 is 0. The Kier molecular flexibility index (Phi) is 4.39. The number of hydrogen-bond acceptors (Lipinski definition) is 3.